The van der Waals surface area contributed by atoms with Crippen LogP contribution in [0.5, 0.6) is 0 Å². The number of ether oxygens (including phenoxy) is 1. The van der Waals surface area contributed by atoms with Crippen molar-refractivity contribution in [3.63, 3.8) is 0 Å². The molecule has 0 aliphatic carbocycles. The molecular formula is C8H18O6W. The molecule has 0 amide bonds. The summed E-state index contributed by atoms with van der Waals surface area (Å²) in [6.45, 7) is 12.8. The van der Waals surface area contributed by atoms with Crippen molar-refractivity contribution in [2.75, 3.05) is 13.7 Å². The second kappa shape index (κ2) is 1880. The Kier molecular flexibility index (Phi) is 6040. The minimum absolute atomic E-state index is 0. The van der Waals surface area contributed by atoms with Crippen molar-refractivity contribution in [2.45, 2.75) is 6.92 Å². The zero-order valence-corrected chi connectivity index (χ0v) is 12.0. The average Bonchev–Trinajstić information content (AvgIpc) is 2.41. The molecule has 0 radical (unpaired) electrons. The van der Waals surface area contributed by atoms with Crippen LogP contribution in [0.25, 0.3) is 0 Å². The zero-order valence-electron chi connectivity index (χ0n) is 9.10. The summed E-state index contributed by atoms with van der Waals surface area (Å²) < 4.78 is 4.54. The molecule has 0 rings (SSSR count). The Morgan fingerprint density at radius 2 is 0.800 bits per heavy atom. The average molecular weight is 394 g/mol. The standard InChI is InChI=1S/C3H8O.5CH2O.W/c1-3-4-2;5*1-2;/h3H2,1-2H3;5*1H2;. The van der Waals surface area contributed by atoms with Crippen LogP contribution in [0.15, 0.2) is 0 Å². The third-order valence-electron chi connectivity index (χ3n) is 0.289. The Morgan fingerprint density at radius 3 is 0.800 bits per heavy atom. The number of carbonyl (C=O) groups excluding carboxylic acids is 5. The largest absolute Gasteiger partial charge is 0.385 e. The van der Waals surface area contributed by atoms with Crippen LogP contribution in [-0.2, 0) is 49.8 Å². The topological polar surface area (TPSA) is 94.6 Å². The molecule has 7 heteroatoms. The molecule has 92 valence electrons. The number of hydrogen-bond acceptors (Lipinski definition) is 6. The summed E-state index contributed by atoms with van der Waals surface area (Å²) >= 11 is 0. The van der Waals surface area contributed by atoms with Crippen LogP contribution < -0.4 is 0 Å². The summed E-state index contributed by atoms with van der Waals surface area (Å²) in [5.74, 6) is 0. The molecule has 0 aromatic heterocycles. The summed E-state index contributed by atoms with van der Waals surface area (Å²) in [5, 5.41) is 0. The van der Waals surface area contributed by atoms with E-state index < -0.39 is 0 Å². The maximum absolute atomic E-state index is 8.00. The van der Waals surface area contributed by atoms with Crippen LogP contribution >= 0.6 is 0 Å². The zero-order chi connectivity index (χ0) is 13.4. The van der Waals surface area contributed by atoms with E-state index in [1.54, 1.807) is 7.11 Å². The number of methoxy groups -OCH3 is 1. The van der Waals surface area contributed by atoms with E-state index in [2.05, 4.69) is 4.74 Å². The fraction of sp³-hybridized carbons (Fsp3) is 0.375. The van der Waals surface area contributed by atoms with Gasteiger partial charge in [-0.1, -0.05) is 0 Å². The van der Waals surface area contributed by atoms with Gasteiger partial charge in [-0.3, -0.25) is 0 Å². The van der Waals surface area contributed by atoms with E-state index in [0.29, 0.717) is 0 Å². The molecule has 0 fully saturated rings. The van der Waals surface area contributed by atoms with E-state index in [-0.39, 0.29) is 21.1 Å². The maximum atomic E-state index is 8.00. The summed E-state index contributed by atoms with van der Waals surface area (Å²) in [7, 11) is 1.68. The van der Waals surface area contributed by atoms with E-state index in [1.165, 1.54) is 0 Å². The van der Waals surface area contributed by atoms with Crippen LogP contribution in [0.4, 0.5) is 0 Å². The van der Waals surface area contributed by atoms with E-state index in [4.69, 9.17) is 24.0 Å². The molecule has 0 saturated carbocycles. The smallest absolute Gasteiger partial charge is 0.106 e. The van der Waals surface area contributed by atoms with E-state index in [1.807, 2.05) is 40.9 Å². The van der Waals surface area contributed by atoms with Crippen molar-refractivity contribution < 1.29 is 49.8 Å². The van der Waals surface area contributed by atoms with Gasteiger partial charge in [-0.05, 0) is 6.92 Å². The SMILES string of the molecule is C=O.C=O.C=O.C=O.C=O.CCOC.[W]. The summed E-state index contributed by atoms with van der Waals surface area (Å²) in [6.07, 6.45) is 0. The molecule has 0 spiro atoms. The molecule has 0 heterocycles. The van der Waals surface area contributed by atoms with Gasteiger partial charge in [-0.25, -0.2) is 0 Å². The quantitative estimate of drug-likeness (QED) is 0.608. The predicted octanol–water partition coefficient (Wildman–Crippen LogP) is -0.274. The van der Waals surface area contributed by atoms with Crippen molar-refractivity contribution in [3.05, 3.63) is 0 Å². The molecule has 0 aromatic rings. The molecule has 0 aliphatic heterocycles. The van der Waals surface area contributed by atoms with Crippen LogP contribution in [0.3, 0.4) is 0 Å². The van der Waals surface area contributed by atoms with Crippen LogP contribution in [0.1, 0.15) is 6.92 Å². The Balaban J connectivity index is -0.0000000105. The van der Waals surface area contributed by atoms with E-state index >= 15 is 0 Å². The molecule has 0 saturated heterocycles. The molecule has 0 aliphatic rings. The summed E-state index contributed by atoms with van der Waals surface area (Å²) in [6, 6.07) is 0. The molecule has 0 unspecified atom stereocenters. The molecule has 0 atom stereocenters. The van der Waals surface area contributed by atoms with E-state index in [9.17, 15) is 0 Å². The van der Waals surface area contributed by atoms with Crippen molar-refractivity contribution in [1.82, 2.24) is 0 Å². The number of hydrogen-bond donors (Lipinski definition) is 0. The van der Waals surface area contributed by atoms with Crippen LogP contribution in [0.2, 0.25) is 0 Å². The molecule has 0 bridgehead atoms. The minimum Gasteiger partial charge on any atom is -0.385 e. The third-order valence-corrected chi connectivity index (χ3v) is 0.289. The van der Waals surface area contributed by atoms with Gasteiger partial charge in [0.15, 0.2) is 0 Å². The van der Waals surface area contributed by atoms with Gasteiger partial charge in [0.25, 0.3) is 0 Å². The Bertz CT molecular complexity index is 44.8. The van der Waals surface area contributed by atoms with Gasteiger partial charge < -0.3 is 28.7 Å². The van der Waals surface area contributed by atoms with Gasteiger partial charge in [0.2, 0.25) is 0 Å². The molecule has 0 N–H and O–H groups in total. The Hall–Kier alpha value is -1.00. The molecule has 0 aromatic carbocycles. The third kappa shape index (κ3) is 552000000. The van der Waals surface area contributed by atoms with E-state index in [0.717, 1.165) is 6.61 Å². The summed E-state index contributed by atoms with van der Waals surface area (Å²) in [5.41, 5.74) is 0. The first-order chi connectivity index (χ1) is 6.91. The first-order valence-electron chi connectivity index (χ1n) is 2.85. The normalized spacial score (nSPS) is 3.33. The maximum Gasteiger partial charge on any atom is 0.106 e. The van der Waals surface area contributed by atoms with Gasteiger partial charge in [-0.2, -0.15) is 0 Å². The van der Waals surface area contributed by atoms with Gasteiger partial charge in [0, 0.05) is 34.8 Å². The van der Waals surface area contributed by atoms with Gasteiger partial charge >= 0.3 is 0 Å². The first-order valence-corrected chi connectivity index (χ1v) is 2.85. The Labute approximate surface area is 105 Å². The molecule has 15 heavy (non-hydrogen) atoms. The van der Waals surface area contributed by atoms with Crippen LogP contribution in [0, 0.1) is 0 Å². The monoisotopic (exact) mass is 394 g/mol. The van der Waals surface area contributed by atoms with Crippen molar-refractivity contribution in [1.29, 1.82) is 0 Å². The molecule has 6 nitrogen and oxygen atoms in total. The second-order valence-electron chi connectivity index (χ2n) is 0.577. The molecular weight excluding hydrogens is 376 g/mol. The number of rotatable bonds is 1. The van der Waals surface area contributed by atoms with Crippen molar-refractivity contribution >= 4 is 33.9 Å². The predicted molar refractivity (Wildman–Crippen MR) is 53.2 cm³/mol. The van der Waals surface area contributed by atoms with Crippen molar-refractivity contribution in [3.8, 4) is 0 Å². The summed E-state index contributed by atoms with van der Waals surface area (Å²) in [4.78, 5) is 40.0. The van der Waals surface area contributed by atoms with Gasteiger partial charge in [0.1, 0.15) is 33.9 Å². The van der Waals surface area contributed by atoms with Gasteiger partial charge in [0.05, 0.1) is 0 Å². The fourth-order valence-corrected chi connectivity index (χ4v) is 0. The number of carbonyl (C=O) groups is 5. The minimum atomic E-state index is 0. The fourth-order valence-electron chi connectivity index (χ4n) is 0. The first kappa shape index (κ1) is 48.3. The van der Waals surface area contributed by atoms with Crippen molar-refractivity contribution in [2.24, 2.45) is 0 Å². The Morgan fingerprint density at radius 1 is 0.733 bits per heavy atom. The van der Waals surface area contributed by atoms with Gasteiger partial charge in [-0.15, -0.1) is 0 Å². The second-order valence-corrected chi connectivity index (χ2v) is 0.577. The van der Waals surface area contributed by atoms with Crippen LogP contribution in [-0.4, -0.2) is 47.7 Å².